The van der Waals surface area contributed by atoms with Crippen molar-refractivity contribution >= 4 is 5.69 Å². The standard InChI is InChI=1S/C13H19N3/c1-11-5-6-12(10-14)13(9-11)16(3)8-4-7-15-2/h5-6,9,15H,4,7-8H2,1-3H3. The molecule has 0 bridgehead atoms. The van der Waals surface area contributed by atoms with Crippen LogP contribution >= 0.6 is 0 Å². The second-order valence-corrected chi connectivity index (χ2v) is 4.01. The highest BCUT2D eigenvalue weighted by atomic mass is 15.1. The third kappa shape index (κ3) is 3.25. The molecule has 3 heteroatoms. The van der Waals surface area contributed by atoms with Crippen LogP contribution < -0.4 is 10.2 Å². The van der Waals surface area contributed by atoms with Gasteiger partial charge in [0, 0.05) is 13.6 Å². The molecule has 0 unspecified atom stereocenters. The number of nitrogens with one attached hydrogen (secondary N) is 1. The molecule has 0 amide bonds. The molecule has 3 nitrogen and oxygen atoms in total. The molecule has 0 fully saturated rings. The van der Waals surface area contributed by atoms with E-state index in [-0.39, 0.29) is 0 Å². The highest BCUT2D eigenvalue weighted by Gasteiger charge is 2.06. The molecule has 1 N–H and O–H groups in total. The Hall–Kier alpha value is -1.53. The minimum Gasteiger partial charge on any atom is -0.373 e. The summed E-state index contributed by atoms with van der Waals surface area (Å²) in [5.41, 5.74) is 2.96. The summed E-state index contributed by atoms with van der Waals surface area (Å²) in [5, 5.41) is 12.2. The average molecular weight is 217 g/mol. The van der Waals surface area contributed by atoms with Crippen LogP contribution in [0.1, 0.15) is 17.5 Å². The van der Waals surface area contributed by atoms with E-state index < -0.39 is 0 Å². The summed E-state index contributed by atoms with van der Waals surface area (Å²) in [5.74, 6) is 0. The van der Waals surface area contributed by atoms with Crippen LogP contribution in [-0.2, 0) is 0 Å². The van der Waals surface area contributed by atoms with Crippen LogP contribution in [0.4, 0.5) is 5.69 Å². The van der Waals surface area contributed by atoms with E-state index in [2.05, 4.69) is 22.4 Å². The molecule has 0 atom stereocenters. The second-order valence-electron chi connectivity index (χ2n) is 4.01. The van der Waals surface area contributed by atoms with Gasteiger partial charge < -0.3 is 10.2 Å². The first kappa shape index (κ1) is 12.5. The molecular weight excluding hydrogens is 198 g/mol. The third-order valence-corrected chi connectivity index (χ3v) is 2.61. The minimum atomic E-state index is 0.748. The zero-order valence-corrected chi connectivity index (χ0v) is 10.2. The molecule has 0 saturated carbocycles. The first-order valence-electron chi connectivity index (χ1n) is 5.55. The summed E-state index contributed by atoms with van der Waals surface area (Å²) in [4.78, 5) is 2.14. The largest absolute Gasteiger partial charge is 0.373 e. The van der Waals surface area contributed by atoms with Gasteiger partial charge in [-0.2, -0.15) is 5.26 Å². The molecule has 1 aromatic rings. The molecule has 0 aromatic heterocycles. The normalized spacial score (nSPS) is 9.88. The van der Waals surface area contributed by atoms with Crippen LogP contribution in [0, 0.1) is 18.3 Å². The maximum absolute atomic E-state index is 9.04. The van der Waals surface area contributed by atoms with Crippen LogP contribution in [0.3, 0.4) is 0 Å². The molecule has 0 aliphatic carbocycles. The van der Waals surface area contributed by atoms with Crippen molar-refractivity contribution in [1.29, 1.82) is 5.26 Å². The molecule has 1 aromatic carbocycles. The van der Waals surface area contributed by atoms with Crippen molar-refractivity contribution in [2.24, 2.45) is 0 Å². The zero-order valence-electron chi connectivity index (χ0n) is 10.2. The molecule has 0 radical (unpaired) electrons. The third-order valence-electron chi connectivity index (χ3n) is 2.61. The number of hydrogen-bond acceptors (Lipinski definition) is 3. The van der Waals surface area contributed by atoms with E-state index in [9.17, 15) is 0 Å². The smallest absolute Gasteiger partial charge is 0.101 e. The molecule has 0 spiro atoms. The lowest BCUT2D eigenvalue weighted by Gasteiger charge is -2.20. The summed E-state index contributed by atoms with van der Waals surface area (Å²) in [6.45, 7) is 4.00. The van der Waals surface area contributed by atoms with Crippen LogP contribution in [0.25, 0.3) is 0 Å². The molecule has 0 aliphatic rings. The van der Waals surface area contributed by atoms with Crippen LogP contribution in [0.15, 0.2) is 18.2 Å². The number of rotatable bonds is 5. The van der Waals surface area contributed by atoms with Crippen molar-refractivity contribution in [3.05, 3.63) is 29.3 Å². The maximum Gasteiger partial charge on any atom is 0.101 e. The van der Waals surface area contributed by atoms with Crippen molar-refractivity contribution in [2.75, 3.05) is 32.1 Å². The first-order valence-corrected chi connectivity index (χ1v) is 5.55. The van der Waals surface area contributed by atoms with E-state index in [1.54, 1.807) is 0 Å². The van der Waals surface area contributed by atoms with E-state index in [1.165, 1.54) is 5.56 Å². The van der Waals surface area contributed by atoms with Crippen molar-refractivity contribution in [1.82, 2.24) is 5.32 Å². The van der Waals surface area contributed by atoms with Crippen molar-refractivity contribution in [3.8, 4) is 6.07 Å². The number of anilines is 1. The Morgan fingerprint density at radius 1 is 1.44 bits per heavy atom. The van der Waals surface area contributed by atoms with Crippen LogP contribution in [-0.4, -0.2) is 27.2 Å². The minimum absolute atomic E-state index is 0.748. The summed E-state index contributed by atoms with van der Waals surface area (Å²) in [7, 11) is 3.98. The summed E-state index contributed by atoms with van der Waals surface area (Å²) < 4.78 is 0. The van der Waals surface area contributed by atoms with E-state index >= 15 is 0 Å². The Labute approximate surface area is 97.7 Å². The van der Waals surface area contributed by atoms with E-state index in [1.807, 2.05) is 33.2 Å². The van der Waals surface area contributed by atoms with Crippen molar-refractivity contribution in [3.63, 3.8) is 0 Å². The predicted octanol–water partition coefficient (Wildman–Crippen LogP) is 1.91. The number of aryl methyl sites for hydroxylation is 1. The lowest BCUT2D eigenvalue weighted by atomic mass is 10.1. The van der Waals surface area contributed by atoms with Gasteiger partial charge >= 0.3 is 0 Å². The summed E-state index contributed by atoms with van der Waals surface area (Å²) >= 11 is 0. The number of hydrogen-bond donors (Lipinski definition) is 1. The fraction of sp³-hybridized carbons (Fsp3) is 0.462. The van der Waals surface area contributed by atoms with Gasteiger partial charge in [-0.1, -0.05) is 6.07 Å². The Bertz CT molecular complexity index is 379. The van der Waals surface area contributed by atoms with Gasteiger partial charge in [0.05, 0.1) is 11.3 Å². The number of nitrogens with zero attached hydrogens (tertiary/aromatic N) is 2. The number of benzene rings is 1. The lowest BCUT2D eigenvalue weighted by molar-refractivity contribution is 0.712. The molecular formula is C13H19N3. The molecule has 16 heavy (non-hydrogen) atoms. The first-order chi connectivity index (χ1) is 7.69. The van der Waals surface area contributed by atoms with E-state index in [0.29, 0.717) is 0 Å². The van der Waals surface area contributed by atoms with Crippen LogP contribution in [0.5, 0.6) is 0 Å². The van der Waals surface area contributed by atoms with Gasteiger partial charge in [-0.15, -0.1) is 0 Å². The van der Waals surface area contributed by atoms with Crippen molar-refractivity contribution in [2.45, 2.75) is 13.3 Å². The Morgan fingerprint density at radius 3 is 2.81 bits per heavy atom. The molecule has 86 valence electrons. The topological polar surface area (TPSA) is 39.1 Å². The number of nitriles is 1. The quantitative estimate of drug-likeness (QED) is 0.766. The zero-order chi connectivity index (χ0) is 12.0. The maximum atomic E-state index is 9.04. The van der Waals surface area contributed by atoms with Crippen molar-refractivity contribution < 1.29 is 0 Å². The highest BCUT2D eigenvalue weighted by Crippen LogP contribution is 2.20. The summed E-state index contributed by atoms with van der Waals surface area (Å²) in [6, 6.07) is 8.17. The predicted molar refractivity (Wildman–Crippen MR) is 67.7 cm³/mol. The van der Waals surface area contributed by atoms with E-state index in [4.69, 9.17) is 5.26 Å². The molecule has 0 saturated heterocycles. The Morgan fingerprint density at radius 2 is 2.19 bits per heavy atom. The fourth-order valence-corrected chi connectivity index (χ4v) is 1.67. The van der Waals surface area contributed by atoms with E-state index in [0.717, 1.165) is 30.8 Å². The van der Waals surface area contributed by atoms with Crippen LogP contribution in [0.2, 0.25) is 0 Å². The van der Waals surface area contributed by atoms with Gasteiger partial charge in [-0.05, 0) is 44.6 Å². The Balaban J connectivity index is 2.77. The fourth-order valence-electron chi connectivity index (χ4n) is 1.67. The van der Waals surface area contributed by atoms with Gasteiger partial charge in [-0.3, -0.25) is 0 Å². The molecule has 1 rings (SSSR count). The second kappa shape index (κ2) is 6.14. The SMILES string of the molecule is CNCCCN(C)c1cc(C)ccc1C#N. The van der Waals surface area contributed by atoms with Gasteiger partial charge in [0.1, 0.15) is 6.07 Å². The Kier molecular flexibility index (Phi) is 4.81. The lowest BCUT2D eigenvalue weighted by Crippen LogP contribution is -2.23. The molecule has 0 aliphatic heterocycles. The van der Waals surface area contributed by atoms with Gasteiger partial charge in [0.2, 0.25) is 0 Å². The molecule has 0 heterocycles. The monoisotopic (exact) mass is 217 g/mol. The average Bonchev–Trinajstić information content (AvgIpc) is 2.29. The summed E-state index contributed by atoms with van der Waals surface area (Å²) in [6.07, 6.45) is 1.08. The van der Waals surface area contributed by atoms with Gasteiger partial charge in [0.15, 0.2) is 0 Å². The van der Waals surface area contributed by atoms with Gasteiger partial charge in [0.25, 0.3) is 0 Å². The van der Waals surface area contributed by atoms with Gasteiger partial charge in [-0.25, -0.2) is 0 Å². The highest BCUT2D eigenvalue weighted by molar-refractivity contribution is 5.60.